The fourth-order valence-electron chi connectivity index (χ4n) is 2.22. The molecule has 0 aromatic carbocycles. The minimum atomic E-state index is -0.385. The molecule has 6 nitrogen and oxygen atoms in total. The first-order valence-electron chi connectivity index (χ1n) is 7.12. The molecule has 8 heteroatoms. The molecular weight excluding hydrogens is 325 g/mol. The summed E-state index contributed by atoms with van der Waals surface area (Å²) in [5.41, 5.74) is 0.688. The maximum atomic E-state index is 12.6. The zero-order valence-corrected chi connectivity index (χ0v) is 14.3. The van der Waals surface area contributed by atoms with Gasteiger partial charge in [0.1, 0.15) is 11.7 Å². The lowest BCUT2D eigenvalue weighted by atomic mass is 10.2. The minimum absolute atomic E-state index is 0.0515. The summed E-state index contributed by atoms with van der Waals surface area (Å²) in [6, 6.07) is -0.385. The Balaban J connectivity index is 2.11. The molecule has 0 spiro atoms. The molecule has 120 valence electrons. The van der Waals surface area contributed by atoms with Crippen LogP contribution in [-0.4, -0.2) is 37.4 Å². The summed E-state index contributed by atoms with van der Waals surface area (Å²) in [6.45, 7) is 5.01. The van der Waals surface area contributed by atoms with Crippen molar-refractivity contribution in [2.24, 2.45) is 0 Å². The van der Waals surface area contributed by atoms with Crippen LogP contribution in [-0.2, 0) is 17.9 Å². The van der Waals surface area contributed by atoms with Gasteiger partial charge in [0.25, 0.3) is 0 Å². The average molecular weight is 344 g/mol. The summed E-state index contributed by atoms with van der Waals surface area (Å²) < 4.78 is 3.34. The Bertz CT molecular complexity index is 651. The number of aryl methyl sites for hydroxylation is 1. The van der Waals surface area contributed by atoms with Crippen LogP contribution in [0.3, 0.4) is 0 Å². The van der Waals surface area contributed by atoms with Crippen molar-refractivity contribution in [1.29, 1.82) is 0 Å². The second kappa shape index (κ2) is 7.15. The minimum Gasteiger partial charge on any atom is -0.338 e. The number of hydrogen-bond acceptors (Lipinski definition) is 3. The topological polar surface area (TPSA) is 56.0 Å². The fraction of sp³-hybridized carbons (Fsp3) is 0.500. The Morgan fingerprint density at radius 3 is 2.59 bits per heavy atom. The first kappa shape index (κ1) is 16.8. The van der Waals surface area contributed by atoms with E-state index in [-0.39, 0.29) is 11.9 Å². The van der Waals surface area contributed by atoms with E-state index in [1.807, 2.05) is 13.8 Å². The fourth-order valence-corrected chi connectivity index (χ4v) is 2.58. The third-order valence-electron chi connectivity index (χ3n) is 3.44. The summed E-state index contributed by atoms with van der Waals surface area (Å²) >= 11 is 12.0. The van der Waals surface area contributed by atoms with Gasteiger partial charge < -0.3 is 4.90 Å². The van der Waals surface area contributed by atoms with E-state index in [9.17, 15) is 4.79 Å². The SMILES string of the molecule is CCC(C(=O)N(C)Cc1nn(CC)cc1Cl)n1cc(Cl)cn1. The Hall–Kier alpha value is -1.53. The maximum Gasteiger partial charge on any atom is 0.247 e. The number of halogens is 2. The number of carbonyl (C=O) groups is 1. The average Bonchev–Trinajstić information content (AvgIpc) is 3.06. The van der Waals surface area contributed by atoms with E-state index in [1.165, 1.54) is 6.20 Å². The van der Waals surface area contributed by atoms with Crippen LogP contribution in [0.25, 0.3) is 0 Å². The van der Waals surface area contributed by atoms with Gasteiger partial charge in [-0.1, -0.05) is 30.1 Å². The van der Waals surface area contributed by atoms with Gasteiger partial charge in [-0.3, -0.25) is 14.2 Å². The molecule has 1 amide bonds. The zero-order chi connectivity index (χ0) is 16.3. The molecule has 0 saturated heterocycles. The molecule has 0 aliphatic heterocycles. The molecule has 0 aliphatic carbocycles. The molecule has 2 aromatic heterocycles. The Kier molecular flexibility index (Phi) is 5.47. The lowest BCUT2D eigenvalue weighted by Gasteiger charge is -2.22. The van der Waals surface area contributed by atoms with Crippen molar-refractivity contribution in [2.75, 3.05) is 7.05 Å². The van der Waals surface area contributed by atoms with Crippen molar-refractivity contribution < 1.29 is 4.79 Å². The molecule has 1 atom stereocenters. The Morgan fingerprint density at radius 1 is 1.36 bits per heavy atom. The van der Waals surface area contributed by atoms with Gasteiger partial charge in [-0.15, -0.1) is 0 Å². The molecule has 22 heavy (non-hydrogen) atoms. The maximum absolute atomic E-state index is 12.6. The smallest absolute Gasteiger partial charge is 0.247 e. The number of amides is 1. The number of likely N-dealkylation sites (N-methyl/N-ethyl adjacent to an activating group) is 1. The van der Waals surface area contributed by atoms with Crippen molar-refractivity contribution in [3.8, 4) is 0 Å². The van der Waals surface area contributed by atoms with Crippen molar-refractivity contribution in [2.45, 2.75) is 39.4 Å². The number of aromatic nitrogens is 4. The summed E-state index contributed by atoms with van der Waals surface area (Å²) in [7, 11) is 1.73. The van der Waals surface area contributed by atoms with E-state index in [1.54, 1.807) is 33.7 Å². The molecule has 2 rings (SSSR count). The van der Waals surface area contributed by atoms with Crippen LogP contribution in [0.15, 0.2) is 18.6 Å². The molecule has 1 unspecified atom stereocenters. The van der Waals surface area contributed by atoms with E-state index in [0.717, 1.165) is 6.54 Å². The van der Waals surface area contributed by atoms with Gasteiger partial charge in [0, 0.05) is 26.0 Å². The zero-order valence-electron chi connectivity index (χ0n) is 12.8. The molecule has 2 aromatic rings. The van der Waals surface area contributed by atoms with Crippen LogP contribution in [0.4, 0.5) is 0 Å². The van der Waals surface area contributed by atoms with Crippen molar-refractivity contribution in [3.63, 3.8) is 0 Å². The van der Waals surface area contributed by atoms with E-state index >= 15 is 0 Å². The van der Waals surface area contributed by atoms with Gasteiger partial charge in [0.05, 0.1) is 22.8 Å². The molecule has 0 fully saturated rings. The normalized spacial score (nSPS) is 12.4. The van der Waals surface area contributed by atoms with Crippen LogP contribution >= 0.6 is 23.2 Å². The number of carbonyl (C=O) groups excluding carboxylic acids is 1. The molecular formula is C14H19Cl2N5O. The summed E-state index contributed by atoms with van der Waals surface area (Å²) in [4.78, 5) is 14.2. The van der Waals surface area contributed by atoms with E-state index in [0.29, 0.717) is 28.7 Å². The molecule has 0 bridgehead atoms. The van der Waals surface area contributed by atoms with Crippen molar-refractivity contribution >= 4 is 29.1 Å². The Labute approximate surface area is 139 Å². The van der Waals surface area contributed by atoms with E-state index in [4.69, 9.17) is 23.2 Å². The highest BCUT2D eigenvalue weighted by atomic mass is 35.5. The summed E-state index contributed by atoms with van der Waals surface area (Å²) in [5.74, 6) is -0.0515. The van der Waals surface area contributed by atoms with Gasteiger partial charge in [-0.05, 0) is 13.3 Å². The first-order valence-corrected chi connectivity index (χ1v) is 7.88. The van der Waals surface area contributed by atoms with Crippen LogP contribution in [0.2, 0.25) is 10.0 Å². The standard InChI is InChI=1S/C14H19Cl2N5O/c1-4-13(21-7-10(15)6-17-21)14(22)19(3)9-12-11(16)8-20(5-2)18-12/h6-8,13H,4-5,9H2,1-3H3. The number of nitrogens with zero attached hydrogens (tertiary/aromatic N) is 5. The monoisotopic (exact) mass is 343 g/mol. The van der Waals surface area contributed by atoms with Gasteiger partial charge in [-0.25, -0.2) is 0 Å². The van der Waals surface area contributed by atoms with Crippen LogP contribution in [0, 0.1) is 0 Å². The predicted octanol–water partition coefficient (Wildman–Crippen LogP) is 3.02. The molecule has 2 heterocycles. The molecule has 0 aliphatic rings. The van der Waals surface area contributed by atoms with Crippen LogP contribution in [0.1, 0.15) is 32.0 Å². The van der Waals surface area contributed by atoms with Crippen molar-refractivity contribution in [3.05, 3.63) is 34.3 Å². The first-order chi connectivity index (χ1) is 10.5. The quantitative estimate of drug-likeness (QED) is 0.809. The van der Waals surface area contributed by atoms with Gasteiger partial charge >= 0.3 is 0 Å². The van der Waals surface area contributed by atoms with Gasteiger partial charge in [0.15, 0.2) is 0 Å². The summed E-state index contributed by atoms with van der Waals surface area (Å²) in [6.07, 6.45) is 5.57. The summed E-state index contributed by atoms with van der Waals surface area (Å²) in [5, 5.41) is 9.56. The highest BCUT2D eigenvalue weighted by molar-refractivity contribution is 6.31. The lowest BCUT2D eigenvalue weighted by Crippen LogP contribution is -2.34. The molecule has 0 saturated carbocycles. The highest BCUT2D eigenvalue weighted by Crippen LogP contribution is 2.20. The lowest BCUT2D eigenvalue weighted by molar-refractivity contribution is -0.134. The second-order valence-electron chi connectivity index (χ2n) is 5.04. The van der Waals surface area contributed by atoms with E-state index < -0.39 is 0 Å². The Morgan fingerprint density at radius 2 is 2.09 bits per heavy atom. The molecule has 0 radical (unpaired) electrons. The van der Waals surface area contributed by atoms with Crippen LogP contribution < -0.4 is 0 Å². The molecule has 0 N–H and O–H groups in total. The van der Waals surface area contributed by atoms with Crippen LogP contribution in [0.5, 0.6) is 0 Å². The van der Waals surface area contributed by atoms with Gasteiger partial charge in [-0.2, -0.15) is 10.2 Å². The number of hydrogen-bond donors (Lipinski definition) is 0. The number of rotatable bonds is 6. The highest BCUT2D eigenvalue weighted by Gasteiger charge is 2.24. The second-order valence-corrected chi connectivity index (χ2v) is 5.88. The third-order valence-corrected chi connectivity index (χ3v) is 3.95. The largest absolute Gasteiger partial charge is 0.338 e. The predicted molar refractivity (Wildman–Crippen MR) is 86.0 cm³/mol. The van der Waals surface area contributed by atoms with Gasteiger partial charge in [0.2, 0.25) is 5.91 Å². The van der Waals surface area contributed by atoms with E-state index in [2.05, 4.69) is 10.2 Å². The third kappa shape index (κ3) is 3.62. The van der Waals surface area contributed by atoms with Crippen molar-refractivity contribution in [1.82, 2.24) is 24.5 Å².